The van der Waals surface area contributed by atoms with E-state index >= 15 is 4.79 Å². The Morgan fingerprint density at radius 1 is 1.02 bits per heavy atom. The summed E-state index contributed by atoms with van der Waals surface area (Å²) in [5.74, 6) is -2.98. The molecule has 276 valence electrons. The molecule has 6 unspecified atom stereocenters. The van der Waals surface area contributed by atoms with Crippen molar-refractivity contribution in [1.82, 2.24) is 14.7 Å². The number of anilines is 1. The molecule has 0 spiro atoms. The van der Waals surface area contributed by atoms with Crippen LogP contribution in [0.3, 0.4) is 0 Å². The van der Waals surface area contributed by atoms with Gasteiger partial charge in [-0.1, -0.05) is 41.4 Å². The number of hydrogen-bond donors (Lipinski definition) is 1. The first-order valence-electron chi connectivity index (χ1n) is 18.0. The van der Waals surface area contributed by atoms with Crippen molar-refractivity contribution in [2.45, 2.75) is 39.2 Å². The van der Waals surface area contributed by atoms with Crippen molar-refractivity contribution in [2.24, 2.45) is 36.1 Å². The highest BCUT2D eigenvalue weighted by Gasteiger charge is 2.68. The smallest absolute Gasteiger partial charge is 0.242 e. The quantitative estimate of drug-likeness (QED) is 0.131. The average molecular weight is 781 g/mol. The second-order valence-corrected chi connectivity index (χ2v) is 17.4. The maximum absolute atomic E-state index is 15.1. The molecule has 2 saturated heterocycles. The number of carbonyl (C=O) groups is 4. The number of carbonyl (C=O) groups excluding carboxylic acids is 4. The van der Waals surface area contributed by atoms with Gasteiger partial charge in [-0.2, -0.15) is 5.10 Å². The molecule has 6 atom stereocenters. The van der Waals surface area contributed by atoms with Gasteiger partial charge in [0.25, 0.3) is 0 Å². The van der Waals surface area contributed by atoms with Gasteiger partial charge in [-0.15, -0.1) is 22.7 Å². The zero-order chi connectivity index (χ0) is 37.6. The van der Waals surface area contributed by atoms with Crippen LogP contribution in [0.1, 0.15) is 41.7 Å². The number of imide groups is 2. The molecule has 5 aromatic rings. The standard InChI is InChI=1S/C41H37ClN4O6S2/c1-21-28-17-23(42)8-13-32(28)54-36(21)31-19-33(44(3)43-31)46-38(49)30-18-29-26(11-12-27-34(29)39(50)45(37(27)48)20-25-5-4-16-53-25)35(41(30,2)40(46)51)22-6-9-24(10-7-22)52-15-14-47/h4-11,13,16-17,19,27,29-30,34-35,47H,12,14-15,18,20H2,1-3H3. The van der Waals surface area contributed by atoms with E-state index in [1.165, 1.54) is 21.1 Å². The van der Waals surface area contributed by atoms with E-state index in [2.05, 4.69) is 6.08 Å². The van der Waals surface area contributed by atoms with Gasteiger partial charge >= 0.3 is 0 Å². The first-order valence-corrected chi connectivity index (χ1v) is 20.1. The maximum Gasteiger partial charge on any atom is 0.242 e. The minimum atomic E-state index is -1.20. The van der Waals surface area contributed by atoms with E-state index in [1.54, 1.807) is 35.2 Å². The molecule has 0 radical (unpaired) electrons. The molecule has 0 bridgehead atoms. The highest BCUT2D eigenvalue weighted by atomic mass is 35.5. The van der Waals surface area contributed by atoms with Crippen LogP contribution in [0.15, 0.2) is 77.7 Å². The SMILES string of the molecule is Cc1c(-c2cc(N3C(=O)C4CC5C(=CCC6C(=O)N(Cc7cccs7)C(=O)C65)C(c5ccc(OCCO)cc5)C4(C)C3=O)n(C)n2)sc2ccc(Cl)cc12. The number of halogens is 1. The van der Waals surface area contributed by atoms with E-state index in [9.17, 15) is 19.5 Å². The van der Waals surface area contributed by atoms with Gasteiger partial charge in [-0.25, -0.2) is 4.90 Å². The van der Waals surface area contributed by atoms with Crippen LogP contribution in [0.25, 0.3) is 20.7 Å². The summed E-state index contributed by atoms with van der Waals surface area (Å²) in [5.41, 5.74) is 2.21. The Labute approximate surface area is 324 Å². The third-order valence-electron chi connectivity index (χ3n) is 12.0. The summed E-state index contributed by atoms with van der Waals surface area (Å²) in [4.78, 5) is 62.6. The van der Waals surface area contributed by atoms with Crippen LogP contribution in [0, 0.1) is 36.0 Å². The van der Waals surface area contributed by atoms with E-state index in [0.717, 1.165) is 36.5 Å². The number of aliphatic hydroxyl groups is 1. The van der Waals surface area contributed by atoms with E-state index in [-0.39, 0.29) is 49.8 Å². The number of amides is 4. The maximum atomic E-state index is 15.1. The lowest BCUT2D eigenvalue weighted by atomic mass is 9.51. The van der Waals surface area contributed by atoms with Gasteiger partial charge in [0, 0.05) is 33.6 Å². The van der Waals surface area contributed by atoms with Crippen molar-refractivity contribution in [3.05, 3.63) is 98.7 Å². The van der Waals surface area contributed by atoms with Crippen LogP contribution in [-0.2, 0) is 32.8 Å². The normalized spacial score (nSPS) is 26.4. The van der Waals surface area contributed by atoms with E-state index in [1.807, 2.05) is 67.8 Å². The van der Waals surface area contributed by atoms with Gasteiger partial charge in [0.05, 0.1) is 41.2 Å². The molecule has 10 nitrogen and oxygen atoms in total. The Hall–Kier alpha value is -4.62. The molecule has 2 aromatic carbocycles. The third-order valence-corrected chi connectivity index (χ3v) is 14.4. The Morgan fingerprint density at radius 2 is 1.81 bits per heavy atom. The summed E-state index contributed by atoms with van der Waals surface area (Å²) in [6, 6.07) is 18.8. The van der Waals surface area contributed by atoms with Crippen LogP contribution in [0.5, 0.6) is 5.75 Å². The molecule has 4 aliphatic rings. The molecule has 4 amide bonds. The number of thiophene rings is 2. The zero-order valence-corrected chi connectivity index (χ0v) is 32.2. The van der Waals surface area contributed by atoms with Gasteiger partial charge in [0.15, 0.2) is 0 Å². The minimum absolute atomic E-state index is 0.128. The Kier molecular flexibility index (Phi) is 8.46. The van der Waals surface area contributed by atoms with Crippen molar-refractivity contribution in [3.63, 3.8) is 0 Å². The van der Waals surface area contributed by atoms with E-state index in [4.69, 9.17) is 21.4 Å². The van der Waals surface area contributed by atoms with Crippen LogP contribution in [0.4, 0.5) is 5.82 Å². The molecule has 54 heavy (non-hydrogen) atoms. The summed E-state index contributed by atoms with van der Waals surface area (Å²) in [5, 5.41) is 17.7. The predicted octanol–water partition coefficient (Wildman–Crippen LogP) is 7.13. The van der Waals surface area contributed by atoms with Crippen LogP contribution in [0.2, 0.25) is 5.02 Å². The molecule has 1 saturated carbocycles. The first kappa shape index (κ1) is 35.1. The molecule has 2 aliphatic carbocycles. The van der Waals surface area contributed by atoms with E-state index in [0.29, 0.717) is 28.7 Å². The second-order valence-electron chi connectivity index (χ2n) is 14.9. The highest BCUT2D eigenvalue weighted by molar-refractivity contribution is 7.22. The Bertz CT molecular complexity index is 2400. The number of nitrogens with zero attached hydrogens (tertiary/aromatic N) is 4. The summed E-state index contributed by atoms with van der Waals surface area (Å²) >= 11 is 9.41. The van der Waals surface area contributed by atoms with Crippen molar-refractivity contribution in [2.75, 3.05) is 18.1 Å². The van der Waals surface area contributed by atoms with Gasteiger partial charge in [-0.3, -0.25) is 28.8 Å². The number of hydrogen-bond acceptors (Lipinski definition) is 9. The topological polar surface area (TPSA) is 122 Å². The van der Waals surface area contributed by atoms with Gasteiger partial charge in [0.1, 0.15) is 23.9 Å². The van der Waals surface area contributed by atoms with Crippen LogP contribution in [-0.4, -0.2) is 56.6 Å². The molecule has 3 fully saturated rings. The predicted molar refractivity (Wildman–Crippen MR) is 207 cm³/mol. The fraction of sp³-hybridized carbons (Fsp3) is 0.341. The first-order chi connectivity index (χ1) is 26.0. The number of fused-ring (bicyclic) bond motifs is 5. The molecular weight excluding hydrogens is 744 g/mol. The van der Waals surface area contributed by atoms with Gasteiger partial charge in [-0.05, 0) is 90.9 Å². The van der Waals surface area contributed by atoms with Crippen LogP contribution < -0.4 is 9.64 Å². The Morgan fingerprint density at radius 3 is 2.56 bits per heavy atom. The minimum Gasteiger partial charge on any atom is -0.491 e. The number of ether oxygens (including phenoxy) is 1. The van der Waals surface area contributed by atoms with Crippen molar-refractivity contribution >= 4 is 73.8 Å². The van der Waals surface area contributed by atoms with E-state index < -0.39 is 35.0 Å². The number of likely N-dealkylation sites (tertiary alicyclic amines) is 1. The van der Waals surface area contributed by atoms with Crippen molar-refractivity contribution in [3.8, 4) is 16.3 Å². The number of aromatic nitrogens is 2. The molecule has 3 aromatic heterocycles. The zero-order valence-electron chi connectivity index (χ0n) is 29.8. The fourth-order valence-corrected chi connectivity index (χ4v) is 11.5. The molecule has 9 rings (SSSR count). The molecular formula is C41H37ClN4O6S2. The summed E-state index contributed by atoms with van der Waals surface area (Å²) < 4.78 is 8.31. The fourth-order valence-electron chi connectivity index (χ4n) is 9.53. The number of aliphatic hydroxyl groups excluding tert-OH is 1. The third kappa shape index (κ3) is 5.17. The molecule has 2 aliphatic heterocycles. The lowest BCUT2D eigenvalue weighted by molar-refractivity contribution is -0.141. The average Bonchev–Trinajstić information content (AvgIpc) is 3.97. The summed E-state index contributed by atoms with van der Waals surface area (Å²) in [6.45, 7) is 4.13. The van der Waals surface area contributed by atoms with Gasteiger partial charge in [0.2, 0.25) is 23.6 Å². The highest BCUT2D eigenvalue weighted by Crippen LogP contribution is 2.63. The number of benzene rings is 2. The van der Waals surface area contributed by atoms with Gasteiger partial charge < -0.3 is 9.84 Å². The Balaban J connectivity index is 1.13. The largest absolute Gasteiger partial charge is 0.491 e. The summed E-state index contributed by atoms with van der Waals surface area (Å²) in [6.07, 6.45) is 2.71. The number of rotatable bonds is 8. The lowest BCUT2D eigenvalue weighted by Gasteiger charge is -2.49. The van der Waals surface area contributed by atoms with Crippen LogP contribution >= 0.6 is 34.3 Å². The summed E-state index contributed by atoms with van der Waals surface area (Å²) in [7, 11) is 1.74. The number of aryl methyl sites for hydroxylation is 2. The number of allylic oxidation sites excluding steroid dienone is 2. The van der Waals surface area contributed by atoms with Crippen molar-refractivity contribution in [1.29, 1.82) is 0 Å². The van der Waals surface area contributed by atoms with Crippen molar-refractivity contribution < 1.29 is 29.0 Å². The second kappa shape index (κ2) is 13.0. The molecule has 5 heterocycles. The monoisotopic (exact) mass is 780 g/mol. The molecule has 13 heteroatoms. The molecule has 1 N–H and O–H groups in total. The lowest BCUT2D eigenvalue weighted by Crippen LogP contribution is -2.48.